The first-order valence-electron chi connectivity index (χ1n) is 10.6. The molecule has 0 atom stereocenters. The Hall–Kier alpha value is -4.99. The van der Waals surface area contributed by atoms with Crippen LogP contribution in [-0.2, 0) is 4.79 Å². The molecule has 0 fully saturated rings. The van der Waals surface area contributed by atoms with Gasteiger partial charge in [0, 0.05) is 17.7 Å². The minimum absolute atomic E-state index is 0.0907. The number of nitrogens with one attached hydrogen (secondary N) is 2. The number of carbonyl (C=O) groups excluding carboxylic acids is 2. The fourth-order valence-electron chi connectivity index (χ4n) is 3.17. The van der Waals surface area contributed by atoms with Crippen molar-refractivity contribution >= 4 is 29.8 Å². The molecular formula is C25H20N4O6. The molecule has 3 aromatic carbocycles. The molecule has 0 saturated heterocycles. The minimum Gasteiger partial charge on any atom is -0.486 e. The molecule has 1 aliphatic heterocycles. The van der Waals surface area contributed by atoms with Crippen LogP contribution in [0.15, 0.2) is 83.6 Å². The number of carbonyl (C=O) groups is 2. The van der Waals surface area contributed by atoms with Gasteiger partial charge in [-0.25, -0.2) is 5.43 Å². The van der Waals surface area contributed by atoms with Gasteiger partial charge in [0.2, 0.25) is 0 Å². The highest BCUT2D eigenvalue weighted by atomic mass is 16.6. The Morgan fingerprint density at radius 2 is 1.60 bits per heavy atom. The Labute approximate surface area is 200 Å². The fourth-order valence-corrected chi connectivity index (χ4v) is 3.17. The van der Waals surface area contributed by atoms with E-state index in [1.165, 1.54) is 36.6 Å². The molecule has 2 amide bonds. The van der Waals surface area contributed by atoms with Crippen molar-refractivity contribution in [3.8, 4) is 11.5 Å². The summed E-state index contributed by atoms with van der Waals surface area (Å²) in [6.45, 7) is 0.928. The van der Waals surface area contributed by atoms with E-state index in [0.29, 0.717) is 41.4 Å². The van der Waals surface area contributed by atoms with Crippen molar-refractivity contribution in [1.29, 1.82) is 0 Å². The fraction of sp³-hybridized carbons (Fsp3) is 0.0800. The molecule has 0 aliphatic carbocycles. The van der Waals surface area contributed by atoms with Gasteiger partial charge in [-0.3, -0.25) is 19.7 Å². The number of nitro groups is 1. The molecule has 0 saturated carbocycles. The molecule has 2 N–H and O–H groups in total. The highest BCUT2D eigenvalue weighted by molar-refractivity contribution is 6.05. The predicted molar refractivity (Wildman–Crippen MR) is 128 cm³/mol. The molecule has 0 bridgehead atoms. The van der Waals surface area contributed by atoms with Gasteiger partial charge in [0.05, 0.1) is 11.1 Å². The van der Waals surface area contributed by atoms with Gasteiger partial charge in [0.15, 0.2) is 11.5 Å². The van der Waals surface area contributed by atoms with Gasteiger partial charge in [0.25, 0.3) is 17.5 Å². The second-order valence-electron chi connectivity index (χ2n) is 7.33. The van der Waals surface area contributed by atoms with Crippen molar-refractivity contribution in [2.24, 2.45) is 5.10 Å². The first-order valence-corrected chi connectivity index (χ1v) is 10.6. The van der Waals surface area contributed by atoms with E-state index >= 15 is 0 Å². The smallest absolute Gasteiger partial charge is 0.287 e. The predicted octanol–water partition coefficient (Wildman–Crippen LogP) is 3.29. The third kappa shape index (κ3) is 6.08. The number of benzene rings is 3. The molecule has 10 nitrogen and oxygen atoms in total. The molecule has 4 rings (SSSR count). The summed E-state index contributed by atoms with van der Waals surface area (Å²) >= 11 is 0. The zero-order valence-electron chi connectivity index (χ0n) is 18.3. The first kappa shape index (κ1) is 23.2. The van der Waals surface area contributed by atoms with E-state index < -0.39 is 16.7 Å². The summed E-state index contributed by atoms with van der Waals surface area (Å²) in [4.78, 5) is 35.9. The number of non-ortho nitro benzene ring substituents is 1. The van der Waals surface area contributed by atoms with Gasteiger partial charge in [-0.15, -0.1) is 0 Å². The van der Waals surface area contributed by atoms with Crippen LogP contribution in [0.3, 0.4) is 0 Å². The Morgan fingerprint density at radius 1 is 0.914 bits per heavy atom. The van der Waals surface area contributed by atoms with Crippen LogP contribution < -0.4 is 20.2 Å². The van der Waals surface area contributed by atoms with Crippen LogP contribution in [0.2, 0.25) is 0 Å². The van der Waals surface area contributed by atoms with E-state index in [-0.39, 0.29) is 11.4 Å². The lowest BCUT2D eigenvalue weighted by Crippen LogP contribution is -2.32. The summed E-state index contributed by atoms with van der Waals surface area (Å²) in [5, 5.41) is 17.4. The first-order chi connectivity index (χ1) is 17.0. The van der Waals surface area contributed by atoms with E-state index in [1.807, 2.05) is 0 Å². The number of rotatable bonds is 7. The molecule has 1 heterocycles. The van der Waals surface area contributed by atoms with E-state index in [2.05, 4.69) is 15.8 Å². The largest absolute Gasteiger partial charge is 0.486 e. The normalized spacial score (nSPS) is 12.7. The molecule has 0 radical (unpaired) electrons. The van der Waals surface area contributed by atoms with Crippen molar-refractivity contribution < 1.29 is 24.0 Å². The van der Waals surface area contributed by atoms with Gasteiger partial charge in [-0.05, 0) is 59.7 Å². The second kappa shape index (κ2) is 10.8. The number of fused-ring (bicyclic) bond motifs is 1. The van der Waals surface area contributed by atoms with Crippen molar-refractivity contribution in [2.75, 3.05) is 13.2 Å². The number of hydrazone groups is 1. The van der Waals surface area contributed by atoms with Gasteiger partial charge in [-0.2, -0.15) is 5.10 Å². The summed E-state index contributed by atoms with van der Waals surface area (Å²) in [6.07, 6.45) is 2.83. The maximum Gasteiger partial charge on any atom is 0.287 e. The lowest BCUT2D eigenvalue weighted by molar-refractivity contribution is -0.384. The second-order valence-corrected chi connectivity index (χ2v) is 7.33. The zero-order valence-corrected chi connectivity index (χ0v) is 18.3. The van der Waals surface area contributed by atoms with Crippen molar-refractivity contribution in [3.63, 3.8) is 0 Å². The Bertz CT molecular complexity index is 1300. The molecule has 0 unspecified atom stereocenters. The topological polar surface area (TPSA) is 132 Å². The summed E-state index contributed by atoms with van der Waals surface area (Å²) in [6, 6.07) is 19.2. The molecular weight excluding hydrogens is 452 g/mol. The number of hydrogen-bond acceptors (Lipinski definition) is 7. The quantitative estimate of drug-likeness (QED) is 0.235. The molecule has 1 aliphatic rings. The van der Waals surface area contributed by atoms with Crippen molar-refractivity contribution in [3.05, 3.63) is 105 Å². The average Bonchev–Trinajstić information content (AvgIpc) is 2.89. The maximum absolute atomic E-state index is 12.9. The maximum atomic E-state index is 12.9. The SMILES string of the molecule is O=C(N/N=C\c1ccc2c(c1)OCCO2)/C(=C/c1ccc([N+](=O)[O-])cc1)NC(=O)c1ccccc1. The van der Waals surface area contributed by atoms with Crippen molar-refractivity contribution in [1.82, 2.24) is 10.7 Å². The van der Waals surface area contributed by atoms with Crippen LogP contribution in [0.4, 0.5) is 5.69 Å². The van der Waals surface area contributed by atoms with E-state index in [0.717, 1.165) is 0 Å². The number of ether oxygens (including phenoxy) is 2. The van der Waals surface area contributed by atoms with Crippen LogP contribution in [0.25, 0.3) is 6.08 Å². The molecule has 35 heavy (non-hydrogen) atoms. The minimum atomic E-state index is -0.679. The van der Waals surface area contributed by atoms with Crippen LogP contribution in [0.1, 0.15) is 21.5 Å². The van der Waals surface area contributed by atoms with E-state index in [4.69, 9.17) is 9.47 Å². The lowest BCUT2D eigenvalue weighted by atomic mass is 10.1. The standard InChI is InChI=1S/C25H20N4O6/c30-24(19-4-2-1-3-5-19)27-21(14-17-6-9-20(10-7-17)29(32)33)25(31)28-26-16-18-8-11-22-23(15-18)35-13-12-34-22/h1-11,14-16H,12-13H2,(H,27,30)(H,28,31)/b21-14-,26-16-. The lowest BCUT2D eigenvalue weighted by Gasteiger charge is -2.18. The number of nitrogens with zero attached hydrogens (tertiary/aromatic N) is 2. The molecule has 10 heteroatoms. The van der Waals surface area contributed by atoms with Gasteiger partial charge in [-0.1, -0.05) is 18.2 Å². The third-order valence-corrected chi connectivity index (χ3v) is 4.89. The monoisotopic (exact) mass is 472 g/mol. The number of amides is 2. The Morgan fingerprint density at radius 3 is 2.31 bits per heavy atom. The summed E-state index contributed by atoms with van der Waals surface area (Å²) in [5.74, 6) is 0.0425. The zero-order chi connectivity index (χ0) is 24.6. The number of hydrogen-bond donors (Lipinski definition) is 2. The van der Waals surface area contributed by atoms with Gasteiger partial charge >= 0.3 is 0 Å². The van der Waals surface area contributed by atoms with Gasteiger partial charge in [0.1, 0.15) is 18.9 Å². The van der Waals surface area contributed by atoms with Crippen LogP contribution in [-0.4, -0.2) is 36.2 Å². The molecule has 176 valence electrons. The van der Waals surface area contributed by atoms with Crippen LogP contribution in [0, 0.1) is 10.1 Å². The molecule has 3 aromatic rings. The summed E-state index contributed by atoms with van der Waals surface area (Å²) in [7, 11) is 0. The van der Waals surface area contributed by atoms with Gasteiger partial charge < -0.3 is 14.8 Å². The van der Waals surface area contributed by atoms with E-state index in [1.54, 1.807) is 48.5 Å². The summed E-state index contributed by atoms with van der Waals surface area (Å²) in [5.41, 5.74) is 3.71. The van der Waals surface area contributed by atoms with Crippen molar-refractivity contribution in [2.45, 2.75) is 0 Å². The highest BCUT2D eigenvalue weighted by Crippen LogP contribution is 2.30. The third-order valence-electron chi connectivity index (χ3n) is 4.89. The molecule has 0 aromatic heterocycles. The van der Waals surface area contributed by atoms with Crippen LogP contribution >= 0.6 is 0 Å². The average molecular weight is 472 g/mol. The van der Waals surface area contributed by atoms with E-state index in [9.17, 15) is 19.7 Å². The Balaban J connectivity index is 1.52. The molecule has 0 spiro atoms. The number of nitro benzene ring substituents is 1. The Kier molecular flexibility index (Phi) is 7.12. The van der Waals surface area contributed by atoms with Crippen LogP contribution in [0.5, 0.6) is 11.5 Å². The highest BCUT2D eigenvalue weighted by Gasteiger charge is 2.15. The summed E-state index contributed by atoms with van der Waals surface area (Å²) < 4.78 is 11.0.